The summed E-state index contributed by atoms with van der Waals surface area (Å²) in [6.07, 6.45) is 5.98. The second kappa shape index (κ2) is 5.58. The van der Waals surface area contributed by atoms with Crippen LogP contribution in [0.2, 0.25) is 0 Å². The third kappa shape index (κ3) is 2.34. The molecule has 0 saturated heterocycles. The molecule has 1 heterocycles. The SMILES string of the molecule is C1#CCC2=C(C=C1)C(Cc1ccccc1)c1ccccc1N2. The lowest BCUT2D eigenvalue weighted by atomic mass is 9.81. The van der Waals surface area contributed by atoms with Crippen molar-refractivity contribution in [2.45, 2.75) is 18.8 Å². The second-order valence-electron chi connectivity index (χ2n) is 5.72. The normalized spacial score (nSPS) is 18.5. The molecule has 0 fully saturated rings. The molecular formula is C21H17N. The Morgan fingerprint density at radius 2 is 1.82 bits per heavy atom. The first-order valence-corrected chi connectivity index (χ1v) is 7.69. The van der Waals surface area contributed by atoms with E-state index < -0.39 is 0 Å². The predicted molar refractivity (Wildman–Crippen MR) is 91.5 cm³/mol. The minimum absolute atomic E-state index is 0.382. The van der Waals surface area contributed by atoms with Gasteiger partial charge in [0, 0.05) is 23.7 Å². The molecular weight excluding hydrogens is 266 g/mol. The van der Waals surface area contributed by atoms with Gasteiger partial charge in [0.2, 0.25) is 0 Å². The van der Waals surface area contributed by atoms with Crippen molar-refractivity contribution in [3.8, 4) is 11.8 Å². The highest BCUT2D eigenvalue weighted by Gasteiger charge is 2.26. The lowest BCUT2D eigenvalue weighted by Crippen LogP contribution is -2.18. The quantitative estimate of drug-likeness (QED) is 0.791. The number of fused-ring (bicyclic) bond motifs is 1. The highest BCUT2D eigenvalue weighted by Crippen LogP contribution is 2.41. The Bertz CT molecular complexity index is 816. The zero-order valence-electron chi connectivity index (χ0n) is 12.3. The first-order valence-electron chi connectivity index (χ1n) is 7.69. The Labute approximate surface area is 131 Å². The van der Waals surface area contributed by atoms with Crippen molar-refractivity contribution < 1.29 is 0 Å². The van der Waals surface area contributed by atoms with E-state index in [1.165, 1.54) is 28.1 Å². The molecule has 0 radical (unpaired) electrons. The van der Waals surface area contributed by atoms with E-state index in [4.69, 9.17) is 0 Å². The smallest absolute Gasteiger partial charge is 0.0498 e. The van der Waals surface area contributed by atoms with Crippen LogP contribution in [0.1, 0.15) is 23.5 Å². The molecule has 1 heteroatoms. The zero-order valence-corrected chi connectivity index (χ0v) is 12.3. The lowest BCUT2D eigenvalue weighted by molar-refractivity contribution is 0.781. The number of hydrogen-bond acceptors (Lipinski definition) is 1. The fourth-order valence-corrected chi connectivity index (χ4v) is 3.29. The Morgan fingerprint density at radius 1 is 1.00 bits per heavy atom. The van der Waals surface area contributed by atoms with Crippen molar-refractivity contribution in [2.24, 2.45) is 0 Å². The molecule has 1 nitrogen and oxygen atoms in total. The van der Waals surface area contributed by atoms with Crippen molar-refractivity contribution in [3.63, 3.8) is 0 Å². The summed E-state index contributed by atoms with van der Waals surface area (Å²) >= 11 is 0. The van der Waals surface area contributed by atoms with Crippen LogP contribution in [0.3, 0.4) is 0 Å². The fourth-order valence-electron chi connectivity index (χ4n) is 3.29. The van der Waals surface area contributed by atoms with Crippen LogP contribution in [0.4, 0.5) is 5.69 Å². The molecule has 0 aromatic heterocycles. The van der Waals surface area contributed by atoms with Gasteiger partial charge in [-0.15, -0.1) is 0 Å². The Kier molecular flexibility index (Phi) is 3.29. The maximum atomic E-state index is 3.58. The van der Waals surface area contributed by atoms with Gasteiger partial charge in [-0.2, -0.15) is 0 Å². The Hall–Kier alpha value is -2.72. The van der Waals surface area contributed by atoms with Gasteiger partial charge in [-0.3, -0.25) is 0 Å². The lowest BCUT2D eigenvalue weighted by Gasteiger charge is -2.30. The molecule has 0 saturated carbocycles. The summed E-state index contributed by atoms with van der Waals surface area (Å²) in [5, 5.41) is 3.58. The molecule has 0 spiro atoms. The molecule has 0 bridgehead atoms. The summed E-state index contributed by atoms with van der Waals surface area (Å²) in [6, 6.07) is 19.3. The van der Waals surface area contributed by atoms with Gasteiger partial charge in [-0.05, 0) is 41.3 Å². The largest absolute Gasteiger partial charge is 0.358 e. The monoisotopic (exact) mass is 283 g/mol. The number of hydrogen-bond donors (Lipinski definition) is 1. The molecule has 2 aromatic carbocycles. The molecule has 1 aliphatic carbocycles. The highest BCUT2D eigenvalue weighted by atomic mass is 14.9. The van der Waals surface area contributed by atoms with Crippen LogP contribution in [0, 0.1) is 11.8 Å². The number of benzene rings is 2. The van der Waals surface area contributed by atoms with Gasteiger partial charge in [-0.1, -0.05) is 60.4 Å². The number of anilines is 1. The molecule has 106 valence electrons. The van der Waals surface area contributed by atoms with E-state index >= 15 is 0 Å². The first kappa shape index (κ1) is 13.0. The highest BCUT2D eigenvalue weighted by molar-refractivity contribution is 5.66. The van der Waals surface area contributed by atoms with Crippen LogP contribution in [-0.2, 0) is 6.42 Å². The summed E-state index contributed by atoms with van der Waals surface area (Å²) in [4.78, 5) is 0. The third-order valence-corrected chi connectivity index (χ3v) is 4.34. The van der Waals surface area contributed by atoms with Crippen molar-refractivity contribution in [3.05, 3.63) is 89.1 Å². The van der Waals surface area contributed by atoms with Crippen molar-refractivity contribution in [1.29, 1.82) is 0 Å². The number of allylic oxidation sites excluding steroid dienone is 4. The average Bonchev–Trinajstić information content (AvgIpc) is 2.81. The summed E-state index contributed by atoms with van der Waals surface area (Å²) in [6.45, 7) is 0. The number of nitrogens with one attached hydrogen (secondary N) is 1. The number of para-hydroxylation sites is 1. The van der Waals surface area contributed by atoms with Crippen LogP contribution in [-0.4, -0.2) is 0 Å². The summed E-state index contributed by atoms with van der Waals surface area (Å²) in [7, 11) is 0. The second-order valence-corrected chi connectivity index (χ2v) is 5.72. The number of rotatable bonds is 2. The maximum Gasteiger partial charge on any atom is 0.0498 e. The first-order chi connectivity index (χ1) is 10.9. The molecule has 1 aliphatic heterocycles. The molecule has 22 heavy (non-hydrogen) atoms. The van der Waals surface area contributed by atoms with Gasteiger partial charge < -0.3 is 5.32 Å². The fraction of sp³-hybridized carbons (Fsp3) is 0.143. The Morgan fingerprint density at radius 3 is 2.73 bits per heavy atom. The summed E-state index contributed by atoms with van der Waals surface area (Å²) in [5.41, 5.74) is 6.58. The van der Waals surface area contributed by atoms with Gasteiger partial charge in [0.1, 0.15) is 0 Å². The summed E-state index contributed by atoms with van der Waals surface area (Å²) < 4.78 is 0. The predicted octanol–water partition coefficient (Wildman–Crippen LogP) is 4.66. The zero-order chi connectivity index (χ0) is 14.8. The van der Waals surface area contributed by atoms with E-state index in [1.54, 1.807) is 0 Å². The van der Waals surface area contributed by atoms with Gasteiger partial charge in [0.05, 0.1) is 0 Å². The van der Waals surface area contributed by atoms with Gasteiger partial charge in [0.15, 0.2) is 0 Å². The van der Waals surface area contributed by atoms with Crippen molar-refractivity contribution in [1.82, 2.24) is 0 Å². The standard InChI is InChI=1S/C21H17N/c1-3-9-16(10-4-1)15-19-17-11-5-2-6-13-20(17)22-21-14-8-7-12-18(19)21/h1,3-5,7-12,14,19,22H,13,15H2. The third-order valence-electron chi connectivity index (χ3n) is 4.34. The molecule has 2 aromatic rings. The van der Waals surface area contributed by atoms with E-state index in [0.717, 1.165) is 12.8 Å². The van der Waals surface area contributed by atoms with E-state index in [-0.39, 0.29) is 0 Å². The minimum Gasteiger partial charge on any atom is -0.358 e. The van der Waals surface area contributed by atoms with E-state index in [9.17, 15) is 0 Å². The Balaban J connectivity index is 1.80. The van der Waals surface area contributed by atoms with Gasteiger partial charge >= 0.3 is 0 Å². The van der Waals surface area contributed by atoms with Gasteiger partial charge in [-0.25, -0.2) is 0 Å². The van der Waals surface area contributed by atoms with Crippen LogP contribution in [0.5, 0.6) is 0 Å². The molecule has 0 amide bonds. The van der Waals surface area contributed by atoms with E-state index in [0.29, 0.717) is 5.92 Å². The molecule has 1 N–H and O–H groups in total. The molecule has 1 unspecified atom stereocenters. The average molecular weight is 283 g/mol. The molecule has 1 atom stereocenters. The van der Waals surface area contributed by atoms with Gasteiger partial charge in [0.25, 0.3) is 0 Å². The minimum atomic E-state index is 0.382. The van der Waals surface area contributed by atoms with Crippen LogP contribution >= 0.6 is 0 Å². The topological polar surface area (TPSA) is 12.0 Å². The maximum absolute atomic E-state index is 3.58. The van der Waals surface area contributed by atoms with Crippen LogP contribution < -0.4 is 5.32 Å². The van der Waals surface area contributed by atoms with Crippen LogP contribution in [0.25, 0.3) is 0 Å². The van der Waals surface area contributed by atoms with E-state index in [1.807, 2.05) is 6.08 Å². The summed E-state index contributed by atoms with van der Waals surface area (Å²) in [5.74, 6) is 6.69. The van der Waals surface area contributed by atoms with Crippen LogP contribution in [0.15, 0.2) is 78.0 Å². The van der Waals surface area contributed by atoms with Crippen molar-refractivity contribution >= 4 is 5.69 Å². The molecule has 4 rings (SSSR count). The molecule has 2 aliphatic rings. The van der Waals surface area contributed by atoms with Crippen molar-refractivity contribution in [2.75, 3.05) is 5.32 Å². The van der Waals surface area contributed by atoms with E-state index in [2.05, 4.69) is 77.8 Å².